The second-order valence-electron chi connectivity index (χ2n) is 5.39. The summed E-state index contributed by atoms with van der Waals surface area (Å²) in [7, 11) is -2.85. The molecule has 6 nitrogen and oxygen atoms in total. The molecule has 2 N–H and O–H groups in total. The molecule has 1 aliphatic heterocycles. The average Bonchev–Trinajstić information content (AvgIpc) is 2.55. The van der Waals surface area contributed by atoms with Crippen molar-refractivity contribution in [3.63, 3.8) is 0 Å². The fourth-order valence-corrected chi connectivity index (χ4v) is 4.38. The molecule has 0 aliphatic carbocycles. The highest BCUT2D eigenvalue weighted by Crippen LogP contribution is 2.37. The Hall–Kier alpha value is -1.93. The van der Waals surface area contributed by atoms with Gasteiger partial charge in [-0.2, -0.15) is 0 Å². The molecular weight excluding hydrogens is 423 g/mol. The van der Waals surface area contributed by atoms with Gasteiger partial charge in [0, 0.05) is 22.7 Å². The number of nitrogens with zero attached hydrogens (tertiary/aromatic N) is 1. The lowest BCUT2D eigenvalue weighted by Crippen LogP contribution is -2.34. The van der Waals surface area contributed by atoms with Crippen molar-refractivity contribution >= 4 is 62.0 Å². The molecule has 10 heteroatoms. The van der Waals surface area contributed by atoms with E-state index in [1.54, 1.807) is 0 Å². The summed E-state index contributed by atoms with van der Waals surface area (Å²) >= 11 is 17.8. The summed E-state index contributed by atoms with van der Waals surface area (Å²) in [6, 6.07) is 8.42. The van der Waals surface area contributed by atoms with Crippen molar-refractivity contribution in [2.75, 3.05) is 12.4 Å². The summed E-state index contributed by atoms with van der Waals surface area (Å²) in [6.45, 7) is 0. The lowest BCUT2D eigenvalue weighted by atomic mass is 10.0. The third kappa shape index (κ3) is 3.12. The molecule has 0 fully saturated rings. The van der Waals surface area contributed by atoms with Crippen LogP contribution in [0.4, 0.5) is 5.69 Å². The van der Waals surface area contributed by atoms with Gasteiger partial charge in [0.2, 0.25) is 5.88 Å². The first kappa shape index (κ1) is 18.8. The van der Waals surface area contributed by atoms with Gasteiger partial charge in [0.15, 0.2) is 0 Å². The van der Waals surface area contributed by atoms with E-state index in [1.807, 2.05) is 0 Å². The summed E-state index contributed by atoms with van der Waals surface area (Å²) < 4.78 is 25.6. The van der Waals surface area contributed by atoms with Crippen LogP contribution in [0.15, 0.2) is 47.2 Å². The van der Waals surface area contributed by atoms with Gasteiger partial charge >= 0.3 is 0 Å². The molecule has 0 aromatic heterocycles. The summed E-state index contributed by atoms with van der Waals surface area (Å²) in [5.41, 5.74) is 0.00237. The minimum Gasteiger partial charge on any atom is -0.493 e. The maximum absolute atomic E-state index is 12.8. The number of halogens is 3. The van der Waals surface area contributed by atoms with Crippen molar-refractivity contribution in [2.24, 2.45) is 0 Å². The van der Waals surface area contributed by atoms with Gasteiger partial charge in [-0.15, -0.1) is 0 Å². The smallest absolute Gasteiger partial charge is 0.266 e. The Kier molecular flexibility index (Phi) is 4.83. The number of aliphatic hydroxyl groups excluding tert-OH is 1. The SMILES string of the molecule is CN1C(O)=C(C(=O)Nc2ccc(Cl)cc2Cl)c2cc(Cl)ccc2S1(=O)=O. The summed E-state index contributed by atoms with van der Waals surface area (Å²) in [6.07, 6.45) is 0. The molecule has 2 aromatic rings. The van der Waals surface area contributed by atoms with Crippen LogP contribution in [0.2, 0.25) is 15.1 Å². The molecule has 0 atom stereocenters. The Morgan fingerprint density at radius 2 is 1.69 bits per heavy atom. The van der Waals surface area contributed by atoms with E-state index in [9.17, 15) is 18.3 Å². The summed E-state index contributed by atoms with van der Waals surface area (Å²) in [4.78, 5) is 12.6. The van der Waals surface area contributed by atoms with Gasteiger partial charge in [0.25, 0.3) is 15.9 Å². The zero-order chi connectivity index (χ0) is 19.2. The van der Waals surface area contributed by atoms with Gasteiger partial charge in [-0.3, -0.25) is 4.79 Å². The van der Waals surface area contributed by atoms with Crippen LogP contribution in [0.1, 0.15) is 5.56 Å². The second-order valence-corrected chi connectivity index (χ2v) is 8.61. The molecular formula is C16H11Cl3N2O4S. The molecule has 0 saturated carbocycles. The van der Waals surface area contributed by atoms with Crippen molar-refractivity contribution in [2.45, 2.75) is 4.90 Å². The van der Waals surface area contributed by atoms with E-state index < -0.39 is 21.8 Å². The number of sulfonamides is 1. The largest absolute Gasteiger partial charge is 0.493 e. The molecule has 0 unspecified atom stereocenters. The van der Waals surface area contributed by atoms with E-state index >= 15 is 0 Å². The molecule has 0 bridgehead atoms. The highest BCUT2D eigenvalue weighted by atomic mass is 35.5. The summed E-state index contributed by atoms with van der Waals surface area (Å²) in [5, 5.41) is 13.7. The number of benzene rings is 2. The topological polar surface area (TPSA) is 86.7 Å². The van der Waals surface area contributed by atoms with Crippen LogP contribution < -0.4 is 5.32 Å². The fourth-order valence-electron chi connectivity index (χ4n) is 2.46. The first-order chi connectivity index (χ1) is 12.1. The molecule has 1 heterocycles. The number of nitrogens with one attached hydrogen (secondary N) is 1. The van der Waals surface area contributed by atoms with E-state index in [0.717, 1.165) is 7.05 Å². The fraction of sp³-hybridized carbons (Fsp3) is 0.0625. The lowest BCUT2D eigenvalue weighted by Gasteiger charge is -2.27. The standard InChI is InChI=1S/C16H11Cl3N2O4S/c1-21-16(23)14(10-6-8(17)3-5-13(10)26(21,24)25)15(22)20-12-4-2-9(18)7-11(12)19/h2-7,23H,1H3,(H,20,22). The normalized spacial score (nSPS) is 15.6. The zero-order valence-corrected chi connectivity index (χ0v) is 16.2. The number of fused-ring (bicyclic) bond motifs is 1. The number of amides is 1. The number of rotatable bonds is 2. The molecule has 3 rings (SSSR count). The molecule has 1 amide bonds. The Balaban J connectivity index is 2.12. The number of anilines is 1. The van der Waals surface area contributed by atoms with Crippen molar-refractivity contribution in [1.82, 2.24) is 4.31 Å². The van der Waals surface area contributed by atoms with E-state index in [0.29, 0.717) is 9.33 Å². The number of hydrogen-bond acceptors (Lipinski definition) is 4. The van der Waals surface area contributed by atoms with Crippen LogP contribution in [0.5, 0.6) is 0 Å². The Morgan fingerprint density at radius 3 is 2.35 bits per heavy atom. The van der Waals surface area contributed by atoms with Crippen LogP contribution >= 0.6 is 34.8 Å². The van der Waals surface area contributed by atoms with Crippen LogP contribution in [-0.2, 0) is 14.8 Å². The predicted molar refractivity (Wildman–Crippen MR) is 101 cm³/mol. The Morgan fingerprint density at radius 1 is 1.08 bits per heavy atom. The number of carbonyl (C=O) groups is 1. The zero-order valence-electron chi connectivity index (χ0n) is 13.1. The third-order valence-electron chi connectivity index (χ3n) is 3.78. The molecule has 0 spiro atoms. The van der Waals surface area contributed by atoms with Crippen molar-refractivity contribution < 1.29 is 18.3 Å². The van der Waals surface area contributed by atoms with Gasteiger partial charge in [-0.25, -0.2) is 12.7 Å². The summed E-state index contributed by atoms with van der Waals surface area (Å²) in [5.74, 6) is -1.47. The Labute approximate surface area is 164 Å². The minimum absolute atomic E-state index is 0.00399. The van der Waals surface area contributed by atoms with Crippen LogP contribution in [-0.4, -0.2) is 30.8 Å². The molecule has 1 aliphatic rings. The second kappa shape index (κ2) is 6.66. The van der Waals surface area contributed by atoms with E-state index in [2.05, 4.69) is 5.32 Å². The van der Waals surface area contributed by atoms with E-state index in [4.69, 9.17) is 34.8 Å². The highest BCUT2D eigenvalue weighted by molar-refractivity contribution is 7.89. The average molecular weight is 434 g/mol. The number of aliphatic hydroxyl groups is 1. The quantitative estimate of drug-likeness (QED) is 0.745. The molecule has 26 heavy (non-hydrogen) atoms. The molecule has 136 valence electrons. The maximum atomic E-state index is 12.8. The third-order valence-corrected chi connectivity index (χ3v) is 6.37. The van der Waals surface area contributed by atoms with Crippen molar-refractivity contribution in [3.8, 4) is 0 Å². The molecule has 0 saturated heterocycles. The van der Waals surface area contributed by atoms with E-state index in [1.165, 1.54) is 36.4 Å². The van der Waals surface area contributed by atoms with Gasteiger partial charge in [0.05, 0.1) is 15.6 Å². The first-order valence-electron chi connectivity index (χ1n) is 7.11. The lowest BCUT2D eigenvalue weighted by molar-refractivity contribution is -0.111. The number of hydrogen-bond donors (Lipinski definition) is 2. The Bertz CT molecular complexity index is 1070. The van der Waals surface area contributed by atoms with Crippen molar-refractivity contribution in [3.05, 3.63) is 62.9 Å². The maximum Gasteiger partial charge on any atom is 0.266 e. The monoisotopic (exact) mass is 432 g/mol. The van der Waals surface area contributed by atoms with Crippen LogP contribution in [0.3, 0.4) is 0 Å². The molecule has 0 radical (unpaired) electrons. The van der Waals surface area contributed by atoms with Crippen LogP contribution in [0, 0.1) is 0 Å². The number of carbonyl (C=O) groups excluding carboxylic acids is 1. The van der Waals surface area contributed by atoms with Crippen LogP contribution in [0.25, 0.3) is 5.57 Å². The highest BCUT2D eigenvalue weighted by Gasteiger charge is 2.37. The van der Waals surface area contributed by atoms with Gasteiger partial charge in [-0.1, -0.05) is 34.8 Å². The van der Waals surface area contributed by atoms with Gasteiger partial charge in [0.1, 0.15) is 5.57 Å². The van der Waals surface area contributed by atoms with Gasteiger partial charge < -0.3 is 10.4 Å². The molecule has 2 aromatic carbocycles. The van der Waals surface area contributed by atoms with Crippen molar-refractivity contribution in [1.29, 1.82) is 0 Å². The first-order valence-corrected chi connectivity index (χ1v) is 9.69. The van der Waals surface area contributed by atoms with E-state index in [-0.39, 0.29) is 31.8 Å². The predicted octanol–water partition coefficient (Wildman–Crippen LogP) is 4.15. The van der Waals surface area contributed by atoms with Gasteiger partial charge in [-0.05, 0) is 36.4 Å². The minimum atomic E-state index is -4.00.